The van der Waals surface area contributed by atoms with E-state index in [9.17, 15) is 0 Å². The van der Waals surface area contributed by atoms with E-state index in [0.717, 1.165) is 22.3 Å². The summed E-state index contributed by atoms with van der Waals surface area (Å²) in [4.78, 5) is 0. The van der Waals surface area contributed by atoms with Gasteiger partial charge in [0.2, 0.25) is 0 Å². The molecule has 0 aliphatic carbocycles. The Bertz CT molecular complexity index is 835. The second-order valence-electron chi connectivity index (χ2n) is 5.97. The fourth-order valence-corrected chi connectivity index (χ4v) is 2.99. The summed E-state index contributed by atoms with van der Waals surface area (Å²) in [5.41, 5.74) is 10.8. The Hall–Kier alpha value is -3.34. The number of hydrogen-bond donors (Lipinski definition) is 1. The van der Waals surface area contributed by atoms with E-state index in [1.807, 2.05) is 54.6 Å². The molecule has 0 aliphatic rings. The lowest BCUT2D eigenvalue weighted by molar-refractivity contribution is 0.394. The van der Waals surface area contributed by atoms with Crippen LogP contribution in [0.1, 0.15) is 0 Å². The number of hydrogen-bond acceptors (Lipinski definition) is 5. The van der Waals surface area contributed by atoms with Gasteiger partial charge in [0.15, 0.2) is 0 Å². The first-order valence-electron chi connectivity index (χ1n) is 8.45. The van der Waals surface area contributed by atoms with E-state index >= 15 is 0 Å². The Morgan fingerprint density at radius 2 is 0.889 bits per heavy atom. The van der Waals surface area contributed by atoms with Gasteiger partial charge in [-0.15, -0.1) is 0 Å². The summed E-state index contributed by atoms with van der Waals surface area (Å²) >= 11 is 0. The summed E-state index contributed by atoms with van der Waals surface area (Å²) in [6, 6.07) is 17.3. The van der Waals surface area contributed by atoms with Crippen molar-refractivity contribution in [2.75, 3.05) is 34.2 Å². The van der Waals surface area contributed by atoms with Gasteiger partial charge in [0, 0.05) is 28.9 Å². The number of methoxy groups -OCH3 is 4. The van der Waals surface area contributed by atoms with E-state index in [4.69, 9.17) is 24.7 Å². The summed E-state index contributed by atoms with van der Waals surface area (Å²) in [6.45, 7) is 0. The molecule has 0 bridgehead atoms. The predicted octanol–water partition coefficient (Wildman–Crippen LogP) is 4.64. The van der Waals surface area contributed by atoms with E-state index in [1.165, 1.54) is 0 Å². The minimum absolute atomic E-state index is 0.656. The van der Waals surface area contributed by atoms with Crippen LogP contribution < -0.4 is 24.7 Å². The van der Waals surface area contributed by atoms with Crippen LogP contribution in [0, 0.1) is 0 Å². The lowest BCUT2D eigenvalue weighted by Gasteiger charge is -2.15. The van der Waals surface area contributed by atoms with Crippen LogP contribution in [0.25, 0.3) is 22.3 Å². The number of benzene rings is 3. The fraction of sp³-hybridized carbons (Fsp3) is 0.182. The Labute approximate surface area is 159 Å². The van der Waals surface area contributed by atoms with E-state index in [1.54, 1.807) is 28.4 Å². The summed E-state index contributed by atoms with van der Waals surface area (Å²) in [5, 5.41) is 0. The molecule has 0 saturated heterocycles. The van der Waals surface area contributed by atoms with Crippen molar-refractivity contribution in [3.63, 3.8) is 0 Å². The average molecular weight is 365 g/mol. The number of anilines is 1. The number of rotatable bonds is 6. The Kier molecular flexibility index (Phi) is 5.41. The van der Waals surface area contributed by atoms with Gasteiger partial charge in [0.25, 0.3) is 0 Å². The zero-order valence-corrected chi connectivity index (χ0v) is 15.9. The molecular formula is C22H23NO4. The summed E-state index contributed by atoms with van der Waals surface area (Å²) in [6.07, 6.45) is 0. The van der Waals surface area contributed by atoms with Crippen LogP contribution >= 0.6 is 0 Å². The maximum absolute atomic E-state index is 6.55. The van der Waals surface area contributed by atoms with Gasteiger partial charge in [-0.05, 0) is 35.4 Å². The first-order valence-corrected chi connectivity index (χ1v) is 8.45. The average Bonchev–Trinajstić information content (AvgIpc) is 2.72. The summed E-state index contributed by atoms with van der Waals surface area (Å²) in [5.74, 6) is 2.82. The number of nitrogen functional groups attached to an aromatic ring is 1. The predicted molar refractivity (Wildman–Crippen MR) is 108 cm³/mol. The van der Waals surface area contributed by atoms with Crippen molar-refractivity contribution in [1.29, 1.82) is 0 Å². The normalized spacial score (nSPS) is 10.4. The van der Waals surface area contributed by atoms with Crippen molar-refractivity contribution in [2.45, 2.75) is 0 Å². The molecule has 0 spiro atoms. The second kappa shape index (κ2) is 7.91. The molecule has 5 heteroatoms. The maximum Gasteiger partial charge on any atom is 0.123 e. The lowest BCUT2D eigenvalue weighted by Crippen LogP contribution is -1.96. The molecule has 0 fully saturated rings. The molecule has 3 aromatic carbocycles. The molecule has 2 N–H and O–H groups in total. The first kappa shape index (κ1) is 18.5. The van der Waals surface area contributed by atoms with Gasteiger partial charge in [-0.2, -0.15) is 0 Å². The van der Waals surface area contributed by atoms with E-state index in [0.29, 0.717) is 28.7 Å². The van der Waals surface area contributed by atoms with Crippen molar-refractivity contribution < 1.29 is 18.9 Å². The summed E-state index contributed by atoms with van der Waals surface area (Å²) in [7, 11) is 6.50. The molecule has 0 aromatic heterocycles. The van der Waals surface area contributed by atoms with Crippen molar-refractivity contribution in [3.8, 4) is 45.3 Å². The van der Waals surface area contributed by atoms with Gasteiger partial charge < -0.3 is 24.7 Å². The molecule has 0 saturated carbocycles. The quantitative estimate of drug-likeness (QED) is 0.645. The highest BCUT2D eigenvalue weighted by atomic mass is 16.5. The SMILES string of the molecule is COc1cc(OC)cc(-c2cccc(-c3cc(OC)cc(OC)c3)c2N)c1. The van der Waals surface area contributed by atoms with Crippen LogP contribution in [-0.2, 0) is 0 Å². The van der Waals surface area contributed by atoms with Gasteiger partial charge in [-0.3, -0.25) is 0 Å². The molecule has 0 amide bonds. The monoisotopic (exact) mass is 365 g/mol. The van der Waals surface area contributed by atoms with Crippen molar-refractivity contribution in [2.24, 2.45) is 0 Å². The Balaban J connectivity index is 2.15. The minimum atomic E-state index is 0.656. The first-order chi connectivity index (χ1) is 13.1. The molecule has 3 rings (SSSR count). The number of ether oxygens (including phenoxy) is 4. The third-order valence-electron chi connectivity index (χ3n) is 4.43. The third-order valence-corrected chi connectivity index (χ3v) is 4.43. The van der Waals surface area contributed by atoms with E-state index < -0.39 is 0 Å². The van der Waals surface area contributed by atoms with Crippen LogP contribution in [-0.4, -0.2) is 28.4 Å². The molecule has 0 radical (unpaired) electrons. The van der Waals surface area contributed by atoms with Crippen LogP contribution in [0.5, 0.6) is 23.0 Å². The van der Waals surface area contributed by atoms with Gasteiger partial charge in [0.1, 0.15) is 23.0 Å². The highest BCUT2D eigenvalue weighted by molar-refractivity contribution is 5.90. The minimum Gasteiger partial charge on any atom is -0.497 e. The zero-order chi connectivity index (χ0) is 19.4. The molecule has 0 unspecified atom stereocenters. The standard InChI is InChI=1S/C22H23NO4/c1-24-16-8-14(9-17(12-16)25-2)20-6-5-7-21(22(20)23)15-10-18(26-3)13-19(11-15)27-4/h5-13H,23H2,1-4H3. The van der Waals surface area contributed by atoms with Crippen LogP contribution in [0.2, 0.25) is 0 Å². The lowest BCUT2D eigenvalue weighted by atomic mass is 9.95. The molecule has 140 valence electrons. The Morgan fingerprint density at radius 1 is 0.556 bits per heavy atom. The molecule has 5 nitrogen and oxygen atoms in total. The molecule has 3 aromatic rings. The van der Waals surface area contributed by atoms with Gasteiger partial charge in [0.05, 0.1) is 28.4 Å². The number of para-hydroxylation sites is 1. The van der Waals surface area contributed by atoms with Gasteiger partial charge in [-0.1, -0.05) is 18.2 Å². The van der Waals surface area contributed by atoms with Crippen molar-refractivity contribution in [3.05, 3.63) is 54.6 Å². The molecule has 0 aliphatic heterocycles. The molecule has 0 atom stereocenters. The summed E-state index contributed by atoms with van der Waals surface area (Å²) < 4.78 is 21.5. The molecule has 27 heavy (non-hydrogen) atoms. The Morgan fingerprint density at radius 3 is 1.19 bits per heavy atom. The fourth-order valence-electron chi connectivity index (χ4n) is 2.99. The third kappa shape index (κ3) is 3.77. The topological polar surface area (TPSA) is 62.9 Å². The largest absolute Gasteiger partial charge is 0.497 e. The van der Waals surface area contributed by atoms with E-state index in [-0.39, 0.29) is 0 Å². The highest BCUT2D eigenvalue weighted by Gasteiger charge is 2.13. The molecule has 0 heterocycles. The maximum atomic E-state index is 6.55. The molecular weight excluding hydrogens is 342 g/mol. The number of nitrogens with two attached hydrogens (primary N) is 1. The van der Waals surface area contributed by atoms with Crippen LogP contribution in [0.15, 0.2) is 54.6 Å². The van der Waals surface area contributed by atoms with Gasteiger partial charge in [-0.25, -0.2) is 0 Å². The smallest absolute Gasteiger partial charge is 0.123 e. The van der Waals surface area contributed by atoms with Crippen LogP contribution in [0.3, 0.4) is 0 Å². The zero-order valence-electron chi connectivity index (χ0n) is 15.9. The van der Waals surface area contributed by atoms with Crippen LogP contribution in [0.4, 0.5) is 5.69 Å². The van der Waals surface area contributed by atoms with Gasteiger partial charge >= 0.3 is 0 Å². The van der Waals surface area contributed by atoms with Crippen molar-refractivity contribution in [1.82, 2.24) is 0 Å². The van der Waals surface area contributed by atoms with Crippen molar-refractivity contribution >= 4 is 5.69 Å². The second-order valence-corrected chi connectivity index (χ2v) is 5.97. The van der Waals surface area contributed by atoms with E-state index in [2.05, 4.69) is 0 Å². The highest BCUT2D eigenvalue weighted by Crippen LogP contribution is 2.39.